The fraction of sp³-hybridized carbons (Fsp3) is 0.333. The van der Waals surface area contributed by atoms with Crippen LogP contribution in [0.3, 0.4) is 0 Å². The molecule has 1 heteroatoms. The lowest BCUT2D eigenvalue weighted by atomic mass is 9.87. The average molecular weight is 619 g/mol. The highest BCUT2D eigenvalue weighted by Gasteiger charge is 2.23. The first-order chi connectivity index (χ1) is 21.6. The number of hydrogen-bond donors (Lipinski definition) is 1. The van der Waals surface area contributed by atoms with E-state index >= 15 is 0 Å². The van der Waals surface area contributed by atoms with Gasteiger partial charge >= 0.3 is 0 Å². The molecule has 0 aromatic rings. The van der Waals surface area contributed by atoms with Crippen LogP contribution in [0, 0.1) is 5.92 Å². The highest BCUT2D eigenvalue weighted by Crippen LogP contribution is 2.23. The van der Waals surface area contributed by atoms with Crippen molar-refractivity contribution in [3.63, 3.8) is 0 Å². The van der Waals surface area contributed by atoms with Crippen molar-refractivity contribution >= 4 is 0 Å². The SMILES string of the molecule is CC(C)=C/C=C/C(C)=C/C=C/C(C)=C/C=C/C(C)=C/C=C/C=C(C)/C=C/C=C(C)/C=C/C=C(C)/C=C/[C@H](CC=C(C)C)C(C)(C)O. The van der Waals surface area contributed by atoms with Crippen LogP contribution < -0.4 is 0 Å². The Morgan fingerprint density at radius 2 is 0.739 bits per heavy atom. The first-order valence-corrected chi connectivity index (χ1v) is 16.4. The second kappa shape index (κ2) is 24.3. The molecule has 0 bridgehead atoms. The molecule has 0 heterocycles. The van der Waals surface area contributed by atoms with Gasteiger partial charge in [-0.1, -0.05) is 178 Å². The quantitative estimate of drug-likeness (QED) is 0.127. The summed E-state index contributed by atoms with van der Waals surface area (Å²) in [6, 6.07) is 0. The lowest BCUT2D eigenvalue weighted by molar-refractivity contribution is 0.0380. The first-order valence-electron chi connectivity index (χ1n) is 16.4. The normalized spacial score (nSPS) is 16.1. The van der Waals surface area contributed by atoms with Crippen molar-refractivity contribution in [1.82, 2.24) is 0 Å². The van der Waals surface area contributed by atoms with E-state index in [1.807, 2.05) is 13.8 Å². The molecular weight excluding hydrogens is 556 g/mol. The molecule has 248 valence electrons. The molecule has 0 amide bonds. The molecule has 1 atom stereocenters. The predicted octanol–water partition coefficient (Wildman–Crippen LogP) is 13.3. The second-order valence-corrected chi connectivity index (χ2v) is 13.0. The van der Waals surface area contributed by atoms with Crippen molar-refractivity contribution in [2.75, 3.05) is 0 Å². The molecule has 1 nitrogen and oxygen atoms in total. The van der Waals surface area contributed by atoms with Crippen molar-refractivity contribution in [3.8, 4) is 0 Å². The molecular formula is C45H62O. The molecule has 1 N–H and O–H groups in total. The lowest BCUT2D eigenvalue weighted by Gasteiger charge is -2.26. The molecule has 0 radical (unpaired) electrons. The van der Waals surface area contributed by atoms with E-state index < -0.39 is 5.60 Å². The minimum absolute atomic E-state index is 0.0767. The van der Waals surface area contributed by atoms with E-state index in [1.54, 1.807) is 0 Å². The highest BCUT2D eigenvalue weighted by molar-refractivity contribution is 5.34. The number of aliphatic hydroxyl groups is 1. The van der Waals surface area contributed by atoms with E-state index in [0.717, 1.165) is 12.0 Å². The summed E-state index contributed by atoms with van der Waals surface area (Å²) in [6.07, 6.45) is 47.2. The summed E-state index contributed by atoms with van der Waals surface area (Å²) in [4.78, 5) is 0. The molecule has 0 aliphatic heterocycles. The van der Waals surface area contributed by atoms with Crippen molar-refractivity contribution < 1.29 is 5.11 Å². The molecule has 0 saturated carbocycles. The third kappa shape index (κ3) is 25.4. The fourth-order valence-electron chi connectivity index (χ4n) is 3.78. The average Bonchev–Trinajstić information content (AvgIpc) is 2.94. The number of allylic oxidation sites excluding steroid dienone is 29. The van der Waals surface area contributed by atoms with Crippen LogP contribution in [0.15, 0.2) is 178 Å². The van der Waals surface area contributed by atoms with Crippen molar-refractivity contribution in [2.24, 2.45) is 5.92 Å². The zero-order chi connectivity index (χ0) is 35.0. The smallest absolute Gasteiger partial charge is 0.0657 e. The summed E-state index contributed by atoms with van der Waals surface area (Å²) in [5.74, 6) is 0.0767. The predicted molar refractivity (Wildman–Crippen MR) is 210 cm³/mol. The van der Waals surface area contributed by atoms with Crippen LogP contribution in [-0.4, -0.2) is 10.7 Å². The number of rotatable bonds is 17. The van der Waals surface area contributed by atoms with Gasteiger partial charge in [0, 0.05) is 5.92 Å². The van der Waals surface area contributed by atoms with Gasteiger partial charge in [0.25, 0.3) is 0 Å². The molecule has 0 spiro atoms. The van der Waals surface area contributed by atoms with Gasteiger partial charge in [-0.25, -0.2) is 0 Å². The molecule has 0 aliphatic rings. The fourth-order valence-corrected chi connectivity index (χ4v) is 3.78. The Balaban J connectivity index is 4.97. The van der Waals surface area contributed by atoms with E-state index in [-0.39, 0.29) is 5.92 Å². The summed E-state index contributed by atoms with van der Waals surface area (Å²) in [7, 11) is 0. The van der Waals surface area contributed by atoms with E-state index in [2.05, 4.69) is 203 Å². The van der Waals surface area contributed by atoms with Gasteiger partial charge in [-0.05, 0) is 89.5 Å². The van der Waals surface area contributed by atoms with Crippen LogP contribution in [0.2, 0.25) is 0 Å². The third-order valence-corrected chi connectivity index (χ3v) is 6.77. The topological polar surface area (TPSA) is 20.2 Å². The summed E-state index contributed by atoms with van der Waals surface area (Å²) in [5, 5.41) is 10.5. The van der Waals surface area contributed by atoms with Crippen LogP contribution in [0.1, 0.15) is 89.5 Å². The van der Waals surface area contributed by atoms with Crippen molar-refractivity contribution in [2.45, 2.75) is 95.1 Å². The molecule has 0 aliphatic carbocycles. The Morgan fingerprint density at radius 1 is 0.435 bits per heavy atom. The van der Waals surface area contributed by atoms with Crippen LogP contribution in [-0.2, 0) is 0 Å². The van der Waals surface area contributed by atoms with Crippen molar-refractivity contribution in [3.05, 3.63) is 178 Å². The van der Waals surface area contributed by atoms with Gasteiger partial charge < -0.3 is 5.11 Å². The van der Waals surface area contributed by atoms with Gasteiger partial charge in [-0.15, -0.1) is 0 Å². The van der Waals surface area contributed by atoms with Gasteiger partial charge in [0.15, 0.2) is 0 Å². The van der Waals surface area contributed by atoms with E-state index in [9.17, 15) is 5.11 Å². The zero-order valence-electron chi connectivity index (χ0n) is 30.9. The second-order valence-electron chi connectivity index (χ2n) is 13.0. The molecule has 0 aromatic carbocycles. The summed E-state index contributed by atoms with van der Waals surface area (Å²) < 4.78 is 0. The molecule has 46 heavy (non-hydrogen) atoms. The Hall–Kier alpha value is -3.94. The van der Waals surface area contributed by atoms with Crippen LogP contribution in [0.4, 0.5) is 0 Å². The standard InChI is InChI=1S/C45H62O/c1-36(2)20-15-23-40(7)26-18-29-41(8)27-16-24-38(5)21-13-14-22-39(6)25-17-28-42(9)30-19-31-43(10)33-35-44(45(11,12)46)34-32-37(3)4/h13-33,35,44,46H,34H2,1-12H3/b14-13+,23-15+,24-16+,25-17+,29-18+,30-19+,35-33+,38-21+,39-22+,40-26+,41-27+,42-28+,43-31+/t44-/m0/s1. The Morgan fingerprint density at radius 3 is 1.04 bits per heavy atom. The van der Waals surface area contributed by atoms with Gasteiger partial charge in [0.1, 0.15) is 0 Å². The lowest BCUT2D eigenvalue weighted by Crippen LogP contribution is -2.29. The summed E-state index contributed by atoms with van der Waals surface area (Å²) >= 11 is 0. The Labute approximate surface area is 283 Å². The molecule has 0 saturated heterocycles. The maximum absolute atomic E-state index is 10.5. The van der Waals surface area contributed by atoms with E-state index in [4.69, 9.17) is 0 Å². The summed E-state index contributed by atoms with van der Waals surface area (Å²) in [6.45, 7) is 24.7. The molecule has 0 fully saturated rings. The minimum Gasteiger partial charge on any atom is -0.390 e. The highest BCUT2D eigenvalue weighted by atomic mass is 16.3. The third-order valence-electron chi connectivity index (χ3n) is 6.77. The Bertz CT molecular complexity index is 1390. The Kier molecular flexibility index (Phi) is 22.2. The maximum atomic E-state index is 10.5. The van der Waals surface area contributed by atoms with Gasteiger partial charge in [0.05, 0.1) is 5.60 Å². The summed E-state index contributed by atoms with van der Waals surface area (Å²) in [5.41, 5.74) is 8.94. The zero-order valence-corrected chi connectivity index (χ0v) is 30.9. The maximum Gasteiger partial charge on any atom is 0.0657 e. The van der Waals surface area contributed by atoms with Gasteiger partial charge in [-0.2, -0.15) is 0 Å². The minimum atomic E-state index is -0.754. The van der Waals surface area contributed by atoms with Gasteiger partial charge in [0.2, 0.25) is 0 Å². The molecule has 0 rings (SSSR count). The van der Waals surface area contributed by atoms with Crippen LogP contribution in [0.5, 0.6) is 0 Å². The monoisotopic (exact) mass is 618 g/mol. The van der Waals surface area contributed by atoms with Crippen molar-refractivity contribution in [1.29, 1.82) is 0 Å². The first kappa shape index (κ1) is 42.1. The molecule has 0 unspecified atom stereocenters. The van der Waals surface area contributed by atoms with E-state index in [0.29, 0.717) is 0 Å². The largest absolute Gasteiger partial charge is 0.390 e. The number of hydrogen-bond acceptors (Lipinski definition) is 1. The molecule has 0 aromatic heterocycles. The van der Waals surface area contributed by atoms with Gasteiger partial charge in [-0.3, -0.25) is 0 Å². The van der Waals surface area contributed by atoms with Crippen LogP contribution in [0.25, 0.3) is 0 Å². The van der Waals surface area contributed by atoms with E-state index in [1.165, 1.54) is 39.0 Å². The van der Waals surface area contributed by atoms with Crippen LogP contribution >= 0.6 is 0 Å².